The van der Waals surface area contributed by atoms with E-state index < -0.39 is 0 Å². The lowest BCUT2D eigenvalue weighted by molar-refractivity contribution is -0.146. The molecule has 0 aromatic heterocycles. The summed E-state index contributed by atoms with van der Waals surface area (Å²) in [6.45, 7) is 5.08. The van der Waals surface area contributed by atoms with Crippen molar-refractivity contribution in [3.8, 4) is 0 Å². The normalized spacial score (nSPS) is 19.7. The molecule has 0 aliphatic carbocycles. The summed E-state index contributed by atoms with van der Waals surface area (Å²) >= 11 is 0. The average molecular weight is 259 g/mol. The lowest BCUT2D eigenvalue weighted by atomic mass is 10.2. The monoisotopic (exact) mass is 258 g/mol. The highest BCUT2D eigenvalue weighted by atomic mass is 35.5. The molecule has 0 amide bonds. The summed E-state index contributed by atoms with van der Waals surface area (Å²) in [4.78, 5) is 11.3. The van der Waals surface area contributed by atoms with Gasteiger partial charge in [0.05, 0.1) is 6.61 Å². The Hall–Kier alpha value is -0.0300. The molecule has 6 heteroatoms. The Balaban J connectivity index is 0. The maximum Gasteiger partial charge on any atom is 0.324 e. The second-order valence-corrected chi connectivity index (χ2v) is 3.23. The van der Waals surface area contributed by atoms with E-state index in [-0.39, 0.29) is 36.8 Å². The molecule has 2 N–H and O–H groups in total. The van der Waals surface area contributed by atoms with Crippen LogP contribution in [0.2, 0.25) is 0 Å². The first-order valence-corrected chi connectivity index (χ1v) is 4.95. The van der Waals surface area contributed by atoms with E-state index in [1.807, 2.05) is 0 Å². The number of nitrogens with one attached hydrogen (secondary N) is 2. The number of halogens is 2. The zero-order chi connectivity index (χ0) is 9.52. The SMILES string of the molecule is CCCCOC(=O)[C@H]1CNCCN1.Cl.Cl. The molecule has 1 heterocycles. The van der Waals surface area contributed by atoms with Crippen molar-refractivity contribution in [1.82, 2.24) is 10.6 Å². The molecule has 1 aliphatic rings. The number of rotatable bonds is 4. The molecule has 1 saturated heterocycles. The highest BCUT2D eigenvalue weighted by molar-refractivity contribution is 5.85. The van der Waals surface area contributed by atoms with Crippen LogP contribution in [0.5, 0.6) is 0 Å². The van der Waals surface area contributed by atoms with Gasteiger partial charge in [0.2, 0.25) is 0 Å². The number of esters is 1. The highest BCUT2D eigenvalue weighted by Crippen LogP contribution is 1.94. The number of carbonyl (C=O) groups excluding carboxylic acids is 1. The summed E-state index contributed by atoms with van der Waals surface area (Å²) < 4.78 is 5.08. The topological polar surface area (TPSA) is 50.4 Å². The van der Waals surface area contributed by atoms with E-state index in [1.165, 1.54) is 0 Å². The number of hydrogen-bond acceptors (Lipinski definition) is 4. The first kappa shape index (κ1) is 17.4. The lowest BCUT2D eigenvalue weighted by Crippen LogP contribution is -2.52. The highest BCUT2D eigenvalue weighted by Gasteiger charge is 2.20. The van der Waals surface area contributed by atoms with E-state index in [9.17, 15) is 4.79 Å². The quantitative estimate of drug-likeness (QED) is 0.577. The smallest absolute Gasteiger partial charge is 0.324 e. The third kappa shape index (κ3) is 6.95. The summed E-state index contributed by atoms with van der Waals surface area (Å²) in [6, 6.07) is -0.148. The van der Waals surface area contributed by atoms with Crippen molar-refractivity contribution in [2.45, 2.75) is 25.8 Å². The minimum absolute atomic E-state index is 0. The van der Waals surface area contributed by atoms with E-state index in [2.05, 4.69) is 17.6 Å². The van der Waals surface area contributed by atoms with Crippen molar-refractivity contribution in [1.29, 1.82) is 0 Å². The van der Waals surface area contributed by atoms with Crippen LogP contribution in [-0.4, -0.2) is 38.3 Å². The predicted molar refractivity (Wildman–Crippen MR) is 65.0 cm³/mol. The Bertz CT molecular complexity index is 164. The lowest BCUT2D eigenvalue weighted by Gasteiger charge is -2.22. The molecule has 0 saturated carbocycles. The summed E-state index contributed by atoms with van der Waals surface area (Å²) in [5.74, 6) is -0.124. The van der Waals surface area contributed by atoms with Crippen molar-refractivity contribution in [3.05, 3.63) is 0 Å². The molecular formula is C9H20Cl2N2O2. The van der Waals surface area contributed by atoms with Crippen LogP contribution in [0.25, 0.3) is 0 Å². The number of ether oxygens (including phenoxy) is 1. The molecule has 0 radical (unpaired) electrons. The van der Waals surface area contributed by atoms with Crippen molar-refractivity contribution in [3.63, 3.8) is 0 Å². The van der Waals surface area contributed by atoms with E-state index in [1.54, 1.807) is 0 Å². The first-order valence-electron chi connectivity index (χ1n) is 4.95. The fourth-order valence-corrected chi connectivity index (χ4v) is 1.24. The molecule has 1 aliphatic heterocycles. The van der Waals surface area contributed by atoms with Gasteiger partial charge >= 0.3 is 5.97 Å². The van der Waals surface area contributed by atoms with Gasteiger partial charge < -0.3 is 15.4 Å². The van der Waals surface area contributed by atoms with Gasteiger partial charge in [0, 0.05) is 19.6 Å². The molecule has 92 valence electrons. The molecule has 4 nitrogen and oxygen atoms in total. The van der Waals surface area contributed by atoms with E-state index in [0.717, 1.165) is 25.9 Å². The second kappa shape index (κ2) is 10.5. The van der Waals surface area contributed by atoms with Crippen molar-refractivity contribution < 1.29 is 9.53 Å². The Morgan fingerprint density at radius 3 is 2.67 bits per heavy atom. The number of hydrogen-bond donors (Lipinski definition) is 2. The fourth-order valence-electron chi connectivity index (χ4n) is 1.24. The Morgan fingerprint density at radius 1 is 1.40 bits per heavy atom. The standard InChI is InChI=1S/C9H18N2O2.2ClH/c1-2-3-6-13-9(12)8-7-10-4-5-11-8;;/h8,10-11H,2-7H2,1H3;2*1H/t8-;;/m1../s1. The van der Waals surface area contributed by atoms with Crippen LogP contribution in [-0.2, 0) is 9.53 Å². The molecule has 0 unspecified atom stereocenters. The molecule has 0 aromatic carbocycles. The van der Waals surface area contributed by atoms with Crippen LogP contribution < -0.4 is 10.6 Å². The minimum atomic E-state index is -0.148. The van der Waals surface area contributed by atoms with Crippen LogP contribution in [0, 0.1) is 0 Å². The molecule has 1 fully saturated rings. The van der Waals surface area contributed by atoms with Gasteiger partial charge in [0.1, 0.15) is 6.04 Å². The molecule has 1 atom stereocenters. The number of unbranched alkanes of at least 4 members (excludes halogenated alkanes) is 1. The molecular weight excluding hydrogens is 239 g/mol. The van der Waals surface area contributed by atoms with Gasteiger partial charge in [-0.2, -0.15) is 0 Å². The third-order valence-corrected chi connectivity index (χ3v) is 2.07. The van der Waals surface area contributed by atoms with Crippen LogP contribution >= 0.6 is 24.8 Å². The Kier molecular flexibility index (Phi) is 12.1. The number of piperazine rings is 1. The van der Waals surface area contributed by atoms with Gasteiger partial charge in [-0.05, 0) is 6.42 Å². The zero-order valence-electron chi connectivity index (χ0n) is 8.95. The fraction of sp³-hybridized carbons (Fsp3) is 0.889. The van der Waals surface area contributed by atoms with E-state index >= 15 is 0 Å². The largest absolute Gasteiger partial charge is 0.464 e. The maximum absolute atomic E-state index is 11.3. The summed E-state index contributed by atoms with van der Waals surface area (Å²) in [5.41, 5.74) is 0. The summed E-state index contributed by atoms with van der Waals surface area (Å²) in [6.07, 6.45) is 2.01. The molecule has 1 rings (SSSR count). The van der Waals surface area contributed by atoms with Crippen LogP contribution in [0.3, 0.4) is 0 Å². The van der Waals surface area contributed by atoms with Crippen molar-refractivity contribution in [2.24, 2.45) is 0 Å². The summed E-state index contributed by atoms with van der Waals surface area (Å²) in [5, 5.41) is 6.25. The molecule has 0 aromatic rings. The Morgan fingerprint density at radius 2 is 2.13 bits per heavy atom. The van der Waals surface area contributed by atoms with Crippen molar-refractivity contribution >= 4 is 30.8 Å². The maximum atomic E-state index is 11.3. The Labute approximate surface area is 103 Å². The van der Waals surface area contributed by atoms with Crippen LogP contribution in [0.1, 0.15) is 19.8 Å². The average Bonchev–Trinajstić information content (AvgIpc) is 2.19. The van der Waals surface area contributed by atoms with Gasteiger partial charge in [-0.3, -0.25) is 4.79 Å². The van der Waals surface area contributed by atoms with Gasteiger partial charge in [-0.1, -0.05) is 13.3 Å². The summed E-state index contributed by atoms with van der Waals surface area (Å²) in [7, 11) is 0. The van der Waals surface area contributed by atoms with Crippen LogP contribution in [0.15, 0.2) is 0 Å². The van der Waals surface area contributed by atoms with E-state index in [4.69, 9.17) is 4.74 Å². The van der Waals surface area contributed by atoms with Gasteiger partial charge in [0.15, 0.2) is 0 Å². The molecule has 0 spiro atoms. The molecule has 15 heavy (non-hydrogen) atoms. The van der Waals surface area contributed by atoms with E-state index in [0.29, 0.717) is 13.2 Å². The van der Waals surface area contributed by atoms with Crippen LogP contribution in [0.4, 0.5) is 0 Å². The predicted octanol–water partition coefficient (Wildman–Crippen LogP) is 0.735. The zero-order valence-corrected chi connectivity index (χ0v) is 10.6. The van der Waals surface area contributed by atoms with Crippen molar-refractivity contribution in [2.75, 3.05) is 26.2 Å². The van der Waals surface area contributed by atoms with Gasteiger partial charge in [-0.25, -0.2) is 0 Å². The second-order valence-electron chi connectivity index (χ2n) is 3.23. The minimum Gasteiger partial charge on any atom is -0.464 e. The van der Waals surface area contributed by atoms with Gasteiger partial charge in [0.25, 0.3) is 0 Å². The number of carbonyl (C=O) groups is 1. The first-order chi connectivity index (χ1) is 6.34. The molecule has 0 bridgehead atoms. The van der Waals surface area contributed by atoms with Gasteiger partial charge in [-0.15, -0.1) is 24.8 Å². The third-order valence-electron chi connectivity index (χ3n) is 2.07.